The smallest absolute Gasteiger partial charge is 0.327 e. The molecule has 1 N–H and O–H groups in total. The lowest BCUT2D eigenvalue weighted by Crippen LogP contribution is -2.31. The molecule has 7 heteroatoms. The number of cyclic esters (lactones) is 1. The lowest BCUT2D eigenvalue weighted by atomic mass is 9.98. The fourth-order valence-electron chi connectivity index (χ4n) is 2.45. The molecule has 0 bridgehead atoms. The zero-order chi connectivity index (χ0) is 17.3. The summed E-state index contributed by atoms with van der Waals surface area (Å²) in [6, 6.07) is 13.0. The molecule has 2 unspecified atom stereocenters. The number of ether oxygens (including phenoxy) is 1. The van der Waals surface area contributed by atoms with E-state index in [4.69, 9.17) is 27.9 Å². The van der Waals surface area contributed by atoms with Gasteiger partial charge in [-0.2, -0.15) is 0 Å². The summed E-state index contributed by atoms with van der Waals surface area (Å²) in [6.07, 6.45) is -1.07. The fraction of sp³-hybridized carbons (Fsp3) is 0.118. The molecule has 5 nitrogen and oxygen atoms in total. The Bertz CT molecular complexity index is 802. The topological polar surface area (TPSA) is 72.5 Å². The summed E-state index contributed by atoms with van der Waals surface area (Å²) in [4.78, 5) is 36.7. The maximum Gasteiger partial charge on any atom is 0.327 e. The van der Waals surface area contributed by atoms with Gasteiger partial charge in [0.1, 0.15) is 0 Å². The molecule has 2 atom stereocenters. The lowest BCUT2D eigenvalue weighted by Gasteiger charge is -2.09. The third-order valence-electron chi connectivity index (χ3n) is 3.51. The van der Waals surface area contributed by atoms with Gasteiger partial charge in [-0.3, -0.25) is 14.4 Å². The quantitative estimate of drug-likeness (QED) is 0.669. The first-order chi connectivity index (χ1) is 11.5. The van der Waals surface area contributed by atoms with Gasteiger partial charge in [0.2, 0.25) is 11.7 Å². The molecule has 1 aliphatic heterocycles. The van der Waals surface area contributed by atoms with E-state index in [1.165, 1.54) is 18.2 Å². The van der Waals surface area contributed by atoms with E-state index in [1.54, 1.807) is 30.3 Å². The van der Waals surface area contributed by atoms with Crippen LogP contribution in [0.25, 0.3) is 0 Å². The van der Waals surface area contributed by atoms with Crippen LogP contribution in [0.15, 0.2) is 48.5 Å². The van der Waals surface area contributed by atoms with Crippen molar-refractivity contribution < 1.29 is 19.1 Å². The molecule has 3 rings (SSSR count). The summed E-state index contributed by atoms with van der Waals surface area (Å²) in [7, 11) is 0. The van der Waals surface area contributed by atoms with Crippen LogP contribution in [0.5, 0.6) is 0 Å². The second-order valence-electron chi connectivity index (χ2n) is 5.21. The zero-order valence-electron chi connectivity index (χ0n) is 12.2. The molecule has 0 aromatic heterocycles. The molecule has 0 radical (unpaired) electrons. The number of rotatable bonds is 3. The number of Topliss-reactive ketones (excluding diaryl/α,β-unsaturated/α-hetero) is 1. The Morgan fingerprint density at radius 3 is 2.25 bits per heavy atom. The molecule has 122 valence electrons. The minimum Gasteiger partial charge on any atom is -0.448 e. The summed E-state index contributed by atoms with van der Waals surface area (Å²) < 4.78 is 5.08. The predicted octanol–water partition coefficient (Wildman–Crippen LogP) is 3.42. The number of hydrogen-bond donors (Lipinski definition) is 1. The predicted molar refractivity (Wildman–Crippen MR) is 88.9 cm³/mol. The average Bonchev–Trinajstić information content (AvgIpc) is 2.82. The Hall–Kier alpha value is -2.37. The molecule has 24 heavy (non-hydrogen) atoms. The summed E-state index contributed by atoms with van der Waals surface area (Å²) in [5.74, 6) is -3.77. The third-order valence-corrected chi connectivity index (χ3v) is 3.94. The van der Waals surface area contributed by atoms with Crippen molar-refractivity contribution in [3.8, 4) is 0 Å². The Labute approximate surface area is 147 Å². The molecular formula is C17H11Cl2NO4. The number of amides is 1. The first-order valence-corrected chi connectivity index (χ1v) is 7.77. The van der Waals surface area contributed by atoms with E-state index in [2.05, 4.69) is 5.32 Å². The van der Waals surface area contributed by atoms with Gasteiger partial charge in [0.15, 0.2) is 12.0 Å². The average molecular weight is 364 g/mol. The summed E-state index contributed by atoms with van der Waals surface area (Å²) in [5.41, 5.74) is 0.818. The van der Waals surface area contributed by atoms with Crippen molar-refractivity contribution in [2.45, 2.75) is 6.10 Å². The first-order valence-electron chi connectivity index (χ1n) is 7.02. The van der Waals surface area contributed by atoms with Gasteiger partial charge in [0.25, 0.3) is 0 Å². The fourth-order valence-corrected chi connectivity index (χ4v) is 2.97. The molecule has 2 aromatic carbocycles. The molecular weight excluding hydrogens is 353 g/mol. The van der Waals surface area contributed by atoms with E-state index in [-0.39, 0.29) is 0 Å². The van der Waals surface area contributed by atoms with Crippen LogP contribution in [0, 0.1) is 5.92 Å². The molecule has 1 aliphatic rings. The van der Waals surface area contributed by atoms with E-state index >= 15 is 0 Å². The number of nitrogens with one attached hydrogen (secondary N) is 1. The van der Waals surface area contributed by atoms with Crippen molar-refractivity contribution in [2.75, 3.05) is 5.32 Å². The van der Waals surface area contributed by atoms with Gasteiger partial charge < -0.3 is 10.1 Å². The van der Waals surface area contributed by atoms with E-state index in [0.29, 0.717) is 21.3 Å². The van der Waals surface area contributed by atoms with Crippen molar-refractivity contribution >= 4 is 46.5 Å². The van der Waals surface area contributed by atoms with Gasteiger partial charge in [-0.15, -0.1) is 0 Å². The number of ketones is 1. The lowest BCUT2D eigenvalue weighted by molar-refractivity contribution is -0.146. The SMILES string of the molecule is O=C(Nc1cc(Cl)cc(Cl)c1)C1C(=O)OC(c2ccccc2)C1=O. The highest BCUT2D eigenvalue weighted by Crippen LogP contribution is 2.31. The van der Waals surface area contributed by atoms with Crippen molar-refractivity contribution in [3.05, 3.63) is 64.1 Å². The molecule has 2 aromatic rings. The highest BCUT2D eigenvalue weighted by molar-refractivity contribution is 6.35. The molecule has 0 aliphatic carbocycles. The van der Waals surface area contributed by atoms with Crippen LogP contribution in [0.4, 0.5) is 5.69 Å². The summed E-state index contributed by atoms with van der Waals surface area (Å²) in [6.45, 7) is 0. The van der Waals surface area contributed by atoms with Crippen LogP contribution in [0.1, 0.15) is 11.7 Å². The molecule has 0 spiro atoms. The minimum absolute atomic E-state index is 0.293. The zero-order valence-corrected chi connectivity index (χ0v) is 13.7. The highest BCUT2D eigenvalue weighted by atomic mass is 35.5. The standard InChI is InChI=1S/C17H11Cl2NO4/c18-10-6-11(19)8-12(7-10)20-16(22)13-14(21)15(24-17(13)23)9-4-2-1-3-5-9/h1-8,13,15H,(H,20,22). The number of hydrogen-bond acceptors (Lipinski definition) is 4. The van der Waals surface area contributed by atoms with E-state index in [1.807, 2.05) is 0 Å². The van der Waals surface area contributed by atoms with Crippen molar-refractivity contribution in [3.63, 3.8) is 0 Å². The number of benzene rings is 2. The number of carbonyl (C=O) groups excluding carboxylic acids is 3. The molecule has 1 amide bonds. The maximum atomic E-state index is 12.4. The molecule has 1 fully saturated rings. The van der Waals surface area contributed by atoms with Gasteiger partial charge in [-0.1, -0.05) is 53.5 Å². The maximum absolute atomic E-state index is 12.4. The second-order valence-corrected chi connectivity index (χ2v) is 6.08. The van der Waals surface area contributed by atoms with Crippen molar-refractivity contribution in [2.24, 2.45) is 5.92 Å². The largest absolute Gasteiger partial charge is 0.448 e. The minimum atomic E-state index is -1.52. The summed E-state index contributed by atoms with van der Waals surface area (Å²) in [5, 5.41) is 3.11. The Balaban J connectivity index is 1.80. The highest BCUT2D eigenvalue weighted by Gasteiger charge is 2.48. The van der Waals surface area contributed by atoms with Crippen molar-refractivity contribution in [1.29, 1.82) is 0 Å². The van der Waals surface area contributed by atoms with Gasteiger partial charge >= 0.3 is 5.97 Å². The van der Waals surface area contributed by atoms with Crippen LogP contribution in [0.2, 0.25) is 10.0 Å². The number of esters is 1. The molecule has 1 saturated heterocycles. The van der Waals surface area contributed by atoms with Crippen LogP contribution >= 0.6 is 23.2 Å². The normalized spacial score (nSPS) is 19.9. The van der Waals surface area contributed by atoms with Crippen LogP contribution in [0.3, 0.4) is 0 Å². The number of carbonyl (C=O) groups is 3. The third kappa shape index (κ3) is 3.27. The van der Waals surface area contributed by atoms with Gasteiger partial charge in [0.05, 0.1) is 0 Å². The van der Waals surface area contributed by atoms with E-state index in [9.17, 15) is 14.4 Å². The van der Waals surface area contributed by atoms with Crippen LogP contribution < -0.4 is 5.32 Å². The Kier molecular flexibility index (Phi) is 4.55. The second kappa shape index (κ2) is 6.63. The van der Waals surface area contributed by atoms with Crippen molar-refractivity contribution in [1.82, 2.24) is 0 Å². The monoisotopic (exact) mass is 363 g/mol. The van der Waals surface area contributed by atoms with E-state index < -0.39 is 29.7 Å². The van der Waals surface area contributed by atoms with Crippen LogP contribution in [-0.4, -0.2) is 17.7 Å². The first kappa shape index (κ1) is 16.5. The number of halogens is 2. The van der Waals surface area contributed by atoms with E-state index in [0.717, 1.165) is 0 Å². The van der Waals surface area contributed by atoms with Gasteiger partial charge in [-0.05, 0) is 18.2 Å². The Morgan fingerprint density at radius 2 is 1.62 bits per heavy atom. The number of anilines is 1. The molecule has 0 saturated carbocycles. The Morgan fingerprint density at radius 1 is 1.00 bits per heavy atom. The van der Waals surface area contributed by atoms with Gasteiger partial charge in [0, 0.05) is 21.3 Å². The van der Waals surface area contributed by atoms with Crippen LogP contribution in [-0.2, 0) is 19.1 Å². The van der Waals surface area contributed by atoms with Gasteiger partial charge in [-0.25, -0.2) is 0 Å². The summed E-state index contributed by atoms with van der Waals surface area (Å²) >= 11 is 11.7. The molecule has 1 heterocycles.